The Balaban J connectivity index is 1.90. The molecule has 0 bridgehead atoms. The number of benzene rings is 1. The van der Waals surface area contributed by atoms with Crippen LogP contribution in [0.5, 0.6) is 5.75 Å². The summed E-state index contributed by atoms with van der Waals surface area (Å²) >= 11 is 0. The molecule has 1 aliphatic rings. The van der Waals surface area contributed by atoms with Gasteiger partial charge in [0.25, 0.3) is 0 Å². The highest BCUT2D eigenvalue weighted by molar-refractivity contribution is 5.95. The Kier molecular flexibility index (Phi) is 5.38. The zero-order valence-corrected chi connectivity index (χ0v) is 13.0. The summed E-state index contributed by atoms with van der Waals surface area (Å²) in [5.41, 5.74) is 0.334. The van der Waals surface area contributed by atoms with Crippen LogP contribution < -0.4 is 15.4 Å². The Morgan fingerprint density at radius 3 is 2.64 bits per heavy atom. The van der Waals surface area contributed by atoms with Gasteiger partial charge in [-0.2, -0.15) is 0 Å². The predicted octanol–water partition coefficient (Wildman–Crippen LogP) is 1.57. The first-order valence-electron chi connectivity index (χ1n) is 7.35. The summed E-state index contributed by atoms with van der Waals surface area (Å²) in [6, 6.07) is 6.92. The molecule has 1 atom stereocenters. The highest BCUT2D eigenvalue weighted by Crippen LogP contribution is 2.27. The Labute approximate surface area is 130 Å². The number of hydrogen-bond donors (Lipinski definition) is 2. The normalized spacial score (nSPS) is 21.0. The molecule has 22 heavy (non-hydrogen) atoms. The van der Waals surface area contributed by atoms with Crippen LogP contribution in [0.4, 0.5) is 5.69 Å². The summed E-state index contributed by atoms with van der Waals surface area (Å²) in [4.78, 5) is 23.4. The average Bonchev–Trinajstić information content (AvgIpc) is 2.54. The molecule has 1 heterocycles. The molecule has 1 aliphatic heterocycles. The standard InChI is InChI=1S/C16H22N2O4/c1-16(8-3-9-17-11-16)15(20)18-12-4-6-13(7-5-12)22-10-14(19)21-2/h4-7,17H,3,8-11H2,1-2H3,(H,18,20). The van der Waals surface area contributed by atoms with E-state index in [1.807, 2.05) is 6.92 Å². The first-order chi connectivity index (χ1) is 10.5. The lowest BCUT2D eigenvalue weighted by molar-refractivity contribution is -0.142. The molecule has 0 spiro atoms. The van der Waals surface area contributed by atoms with E-state index in [-0.39, 0.29) is 17.9 Å². The van der Waals surface area contributed by atoms with Crippen LogP contribution in [-0.4, -0.2) is 38.7 Å². The van der Waals surface area contributed by atoms with Gasteiger partial charge in [-0.05, 0) is 50.6 Å². The van der Waals surface area contributed by atoms with Crippen LogP contribution in [0.2, 0.25) is 0 Å². The summed E-state index contributed by atoms with van der Waals surface area (Å²) in [5, 5.41) is 6.19. The molecule has 1 fully saturated rings. The van der Waals surface area contributed by atoms with Crippen LogP contribution in [0, 0.1) is 5.41 Å². The number of carbonyl (C=O) groups is 2. The summed E-state index contributed by atoms with van der Waals surface area (Å²) < 4.78 is 9.76. The Morgan fingerprint density at radius 1 is 1.32 bits per heavy atom. The highest BCUT2D eigenvalue weighted by Gasteiger charge is 2.34. The fraction of sp³-hybridized carbons (Fsp3) is 0.500. The van der Waals surface area contributed by atoms with Gasteiger partial charge in [0.15, 0.2) is 6.61 Å². The van der Waals surface area contributed by atoms with Crippen LogP contribution in [0.25, 0.3) is 0 Å². The molecule has 1 amide bonds. The van der Waals surface area contributed by atoms with Gasteiger partial charge in [-0.3, -0.25) is 4.79 Å². The van der Waals surface area contributed by atoms with E-state index in [1.54, 1.807) is 24.3 Å². The number of carbonyl (C=O) groups excluding carboxylic acids is 2. The maximum absolute atomic E-state index is 12.4. The minimum absolute atomic E-state index is 0.0166. The van der Waals surface area contributed by atoms with Crippen molar-refractivity contribution in [3.8, 4) is 5.75 Å². The number of ether oxygens (including phenoxy) is 2. The zero-order valence-electron chi connectivity index (χ0n) is 13.0. The van der Waals surface area contributed by atoms with Crippen molar-refractivity contribution in [3.05, 3.63) is 24.3 Å². The lowest BCUT2D eigenvalue weighted by Gasteiger charge is -2.32. The van der Waals surface area contributed by atoms with Crippen molar-refractivity contribution in [1.82, 2.24) is 5.32 Å². The van der Waals surface area contributed by atoms with Gasteiger partial charge in [0, 0.05) is 12.2 Å². The van der Waals surface area contributed by atoms with Gasteiger partial charge in [-0.25, -0.2) is 4.79 Å². The van der Waals surface area contributed by atoms with Crippen molar-refractivity contribution in [1.29, 1.82) is 0 Å². The molecule has 6 nitrogen and oxygen atoms in total. The molecule has 0 saturated carbocycles. The lowest BCUT2D eigenvalue weighted by Crippen LogP contribution is -2.46. The summed E-state index contributed by atoms with van der Waals surface area (Å²) in [5.74, 6) is 0.131. The molecule has 2 rings (SSSR count). The quantitative estimate of drug-likeness (QED) is 0.808. The number of piperidine rings is 1. The number of nitrogens with one attached hydrogen (secondary N) is 2. The minimum atomic E-state index is -0.435. The molecular formula is C16H22N2O4. The van der Waals surface area contributed by atoms with Crippen molar-refractivity contribution in [2.75, 3.05) is 32.1 Å². The zero-order chi connectivity index (χ0) is 16.0. The van der Waals surface area contributed by atoms with Gasteiger partial charge >= 0.3 is 5.97 Å². The van der Waals surface area contributed by atoms with Crippen molar-refractivity contribution in [2.45, 2.75) is 19.8 Å². The van der Waals surface area contributed by atoms with E-state index in [2.05, 4.69) is 15.4 Å². The number of anilines is 1. The van der Waals surface area contributed by atoms with Gasteiger partial charge in [-0.15, -0.1) is 0 Å². The van der Waals surface area contributed by atoms with Crippen molar-refractivity contribution in [2.24, 2.45) is 5.41 Å². The topological polar surface area (TPSA) is 76.7 Å². The summed E-state index contributed by atoms with van der Waals surface area (Å²) in [7, 11) is 1.31. The Hall–Kier alpha value is -2.08. The number of hydrogen-bond acceptors (Lipinski definition) is 5. The maximum Gasteiger partial charge on any atom is 0.343 e. The number of methoxy groups -OCH3 is 1. The Morgan fingerprint density at radius 2 is 2.05 bits per heavy atom. The largest absolute Gasteiger partial charge is 0.482 e. The fourth-order valence-electron chi connectivity index (χ4n) is 2.37. The average molecular weight is 306 g/mol. The molecule has 2 N–H and O–H groups in total. The molecule has 1 unspecified atom stereocenters. The second-order valence-corrected chi connectivity index (χ2v) is 5.68. The third-order valence-electron chi connectivity index (χ3n) is 3.84. The molecule has 0 aromatic heterocycles. The predicted molar refractivity (Wildman–Crippen MR) is 82.8 cm³/mol. The summed E-state index contributed by atoms with van der Waals surface area (Å²) in [6.07, 6.45) is 1.89. The van der Waals surface area contributed by atoms with Gasteiger partial charge in [0.05, 0.1) is 12.5 Å². The van der Waals surface area contributed by atoms with Gasteiger partial charge < -0.3 is 20.1 Å². The van der Waals surface area contributed by atoms with Crippen LogP contribution in [0.15, 0.2) is 24.3 Å². The van der Waals surface area contributed by atoms with Crippen LogP contribution in [0.1, 0.15) is 19.8 Å². The van der Waals surface area contributed by atoms with E-state index >= 15 is 0 Å². The number of amides is 1. The number of esters is 1. The third-order valence-corrected chi connectivity index (χ3v) is 3.84. The van der Waals surface area contributed by atoms with Gasteiger partial charge in [-0.1, -0.05) is 0 Å². The van der Waals surface area contributed by atoms with E-state index in [0.717, 1.165) is 19.4 Å². The van der Waals surface area contributed by atoms with E-state index in [1.165, 1.54) is 7.11 Å². The van der Waals surface area contributed by atoms with Crippen LogP contribution >= 0.6 is 0 Å². The van der Waals surface area contributed by atoms with E-state index in [4.69, 9.17) is 4.74 Å². The van der Waals surface area contributed by atoms with Crippen molar-refractivity contribution in [3.63, 3.8) is 0 Å². The van der Waals surface area contributed by atoms with E-state index in [9.17, 15) is 9.59 Å². The van der Waals surface area contributed by atoms with Gasteiger partial charge in [0.2, 0.25) is 5.91 Å². The highest BCUT2D eigenvalue weighted by atomic mass is 16.6. The van der Waals surface area contributed by atoms with Gasteiger partial charge in [0.1, 0.15) is 5.75 Å². The van der Waals surface area contributed by atoms with Crippen LogP contribution in [0.3, 0.4) is 0 Å². The first kappa shape index (κ1) is 16.3. The molecule has 6 heteroatoms. The smallest absolute Gasteiger partial charge is 0.343 e. The lowest BCUT2D eigenvalue weighted by atomic mass is 9.82. The van der Waals surface area contributed by atoms with Crippen molar-refractivity contribution < 1.29 is 19.1 Å². The van der Waals surface area contributed by atoms with Crippen molar-refractivity contribution >= 4 is 17.6 Å². The molecule has 1 aromatic rings. The second-order valence-electron chi connectivity index (χ2n) is 5.68. The monoisotopic (exact) mass is 306 g/mol. The number of rotatable bonds is 5. The molecule has 0 aliphatic carbocycles. The maximum atomic E-state index is 12.4. The van der Waals surface area contributed by atoms with E-state index in [0.29, 0.717) is 18.0 Å². The Bertz CT molecular complexity index is 521. The molecule has 1 aromatic carbocycles. The molecule has 1 saturated heterocycles. The minimum Gasteiger partial charge on any atom is -0.482 e. The van der Waals surface area contributed by atoms with Crippen LogP contribution in [-0.2, 0) is 14.3 Å². The molecule has 120 valence electrons. The fourth-order valence-corrected chi connectivity index (χ4v) is 2.37. The second kappa shape index (κ2) is 7.26. The SMILES string of the molecule is COC(=O)COc1ccc(NC(=O)C2(C)CCCNC2)cc1. The molecular weight excluding hydrogens is 284 g/mol. The first-order valence-corrected chi connectivity index (χ1v) is 7.35. The van der Waals surface area contributed by atoms with E-state index < -0.39 is 5.97 Å². The molecule has 0 radical (unpaired) electrons. The summed E-state index contributed by atoms with van der Waals surface area (Å²) in [6.45, 7) is 3.50. The third kappa shape index (κ3) is 4.21.